The molecular formula is C20H26N2O5. The van der Waals surface area contributed by atoms with Gasteiger partial charge in [0.15, 0.2) is 0 Å². The van der Waals surface area contributed by atoms with Crippen molar-refractivity contribution in [3.05, 3.63) is 29.8 Å². The van der Waals surface area contributed by atoms with Crippen LogP contribution in [0.5, 0.6) is 0 Å². The Morgan fingerprint density at radius 2 is 1.85 bits per heavy atom. The number of unbranched alkanes of at least 4 members (excludes halogenated alkanes) is 2. The summed E-state index contributed by atoms with van der Waals surface area (Å²) in [6, 6.07) is 7.12. The highest BCUT2D eigenvalue weighted by molar-refractivity contribution is 6.03. The predicted molar refractivity (Wildman–Crippen MR) is 99.5 cm³/mol. The van der Waals surface area contributed by atoms with Crippen LogP contribution in [-0.4, -0.2) is 35.1 Å². The number of amides is 3. The van der Waals surface area contributed by atoms with Gasteiger partial charge < -0.3 is 10.1 Å². The number of hydrogen-bond acceptors (Lipinski definition) is 5. The Kier molecular flexibility index (Phi) is 7.52. The fourth-order valence-corrected chi connectivity index (χ4v) is 2.91. The van der Waals surface area contributed by atoms with Gasteiger partial charge in [0, 0.05) is 37.9 Å². The zero-order valence-corrected chi connectivity index (χ0v) is 15.8. The van der Waals surface area contributed by atoms with E-state index < -0.39 is 0 Å². The standard InChI is InChI=1S/C20H26N2O5/c1-14-12-19(25)22(20(14)26)11-5-3-4-6-18(24)21-17-9-7-16(8-10-17)13-27-15(2)23/h7-10,14H,3-6,11-13H2,1-2H3,(H,21,24). The fraction of sp³-hybridized carbons (Fsp3) is 0.500. The molecule has 1 aliphatic heterocycles. The fourth-order valence-electron chi connectivity index (χ4n) is 2.91. The summed E-state index contributed by atoms with van der Waals surface area (Å²) in [5.74, 6) is -0.800. The third-order valence-electron chi connectivity index (χ3n) is 4.43. The smallest absolute Gasteiger partial charge is 0.302 e. The van der Waals surface area contributed by atoms with Gasteiger partial charge in [0.05, 0.1) is 0 Å². The second-order valence-corrected chi connectivity index (χ2v) is 6.82. The third-order valence-corrected chi connectivity index (χ3v) is 4.43. The molecule has 0 aliphatic carbocycles. The van der Waals surface area contributed by atoms with E-state index in [0.717, 1.165) is 12.0 Å². The third kappa shape index (κ3) is 6.51. The molecule has 1 N–H and O–H groups in total. The van der Waals surface area contributed by atoms with E-state index >= 15 is 0 Å². The Balaban J connectivity index is 1.63. The van der Waals surface area contributed by atoms with Crippen LogP contribution in [-0.2, 0) is 30.5 Å². The second kappa shape index (κ2) is 9.85. The van der Waals surface area contributed by atoms with Gasteiger partial charge in [-0.15, -0.1) is 0 Å². The molecule has 1 fully saturated rings. The Bertz CT molecular complexity index is 699. The number of nitrogens with zero attached hydrogens (tertiary/aromatic N) is 1. The molecule has 1 unspecified atom stereocenters. The first-order valence-corrected chi connectivity index (χ1v) is 9.23. The van der Waals surface area contributed by atoms with Gasteiger partial charge in [-0.2, -0.15) is 0 Å². The normalized spacial score (nSPS) is 16.5. The lowest BCUT2D eigenvalue weighted by Gasteiger charge is -2.13. The number of anilines is 1. The van der Waals surface area contributed by atoms with Gasteiger partial charge in [-0.05, 0) is 30.5 Å². The average Bonchev–Trinajstić information content (AvgIpc) is 2.86. The van der Waals surface area contributed by atoms with E-state index in [-0.39, 0.29) is 36.2 Å². The van der Waals surface area contributed by atoms with Crippen LogP contribution in [0.3, 0.4) is 0 Å². The maximum Gasteiger partial charge on any atom is 0.302 e. The second-order valence-electron chi connectivity index (χ2n) is 6.82. The van der Waals surface area contributed by atoms with Crippen molar-refractivity contribution in [2.45, 2.75) is 52.6 Å². The number of nitrogens with one attached hydrogen (secondary N) is 1. The molecule has 1 saturated heterocycles. The first-order chi connectivity index (χ1) is 12.9. The molecule has 0 aromatic heterocycles. The summed E-state index contributed by atoms with van der Waals surface area (Å²) >= 11 is 0. The topological polar surface area (TPSA) is 92.8 Å². The van der Waals surface area contributed by atoms with Crippen LogP contribution in [0.15, 0.2) is 24.3 Å². The van der Waals surface area contributed by atoms with E-state index in [9.17, 15) is 19.2 Å². The van der Waals surface area contributed by atoms with E-state index in [1.54, 1.807) is 31.2 Å². The molecule has 1 aromatic carbocycles. The van der Waals surface area contributed by atoms with Crippen molar-refractivity contribution >= 4 is 29.4 Å². The quantitative estimate of drug-likeness (QED) is 0.407. The van der Waals surface area contributed by atoms with Crippen molar-refractivity contribution in [3.8, 4) is 0 Å². The molecule has 27 heavy (non-hydrogen) atoms. The minimum atomic E-state index is -0.333. The molecule has 7 nitrogen and oxygen atoms in total. The summed E-state index contributed by atoms with van der Waals surface area (Å²) in [6.45, 7) is 3.78. The summed E-state index contributed by atoms with van der Waals surface area (Å²) in [4.78, 5) is 47.6. The monoisotopic (exact) mass is 374 g/mol. The Morgan fingerprint density at radius 1 is 1.15 bits per heavy atom. The lowest BCUT2D eigenvalue weighted by Crippen LogP contribution is -2.31. The molecule has 1 heterocycles. The van der Waals surface area contributed by atoms with Crippen LogP contribution >= 0.6 is 0 Å². The molecule has 0 saturated carbocycles. The number of esters is 1. The Hall–Kier alpha value is -2.70. The molecule has 146 valence electrons. The molecule has 3 amide bonds. The number of rotatable bonds is 9. The van der Waals surface area contributed by atoms with Crippen LogP contribution in [0.2, 0.25) is 0 Å². The average molecular weight is 374 g/mol. The van der Waals surface area contributed by atoms with E-state index in [4.69, 9.17) is 4.74 Å². The number of imide groups is 1. The molecule has 1 atom stereocenters. The number of benzene rings is 1. The highest BCUT2D eigenvalue weighted by atomic mass is 16.5. The number of ether oxygens (including phenoxy) is 1. The maximum absolute atomic E-state index is 12.0. The van der Waals surface area contributed by atoms with Crippen LogP contribution in [0.25, 0.3) is 0 Å². The molecule has 1 aromatic rings. The number of likely N-dealkylation sites (tertiary alicyclic amines) is 1. The zero-order chi connectivity index (χ0) is 19.8. The number of hydrogen-bond donors (Lipinski definition) is 1. The van der Waals surface area contributed by atoms with Gasteiger partial charge in [-0.3, -0.25) is 24.1 Å². The van der Waals surface area contributed by atoms with E-state index in [1.807, 2.05) is 0 Å². The molecular weight excluding hydrogens is 348 g/mol. The first-order valence-electron chi connectivity index (χ1n) is 9.23. The van der Waals surface area contributed by atoms with Crippen molar-refractivity contribution in [2.75, 3.05) is 11.9 Å². The molecule has 7 heteroatoms. The molecule has 2 rings (SSSR count). The van der Waals surface area contributed by atoms with Crippen molar-refractivity contribution in [1.29, 1.82) is 0 Å². The van der Waals surface area contributed by atoms with E-state index in [0.29, 0.717) is 37.9 Å². The van der Waals surface area contributed by atoms with Crippen molar-refractivity contribution < 1.29 is 23.9 Å². The Morgan fingerprint density at radius 3 is 2.44 bits per heavy atom. The highest BCUT2D eigenvalue weighted by Crippen LogP contribution is 2.19. The predicted octanol–water partition coefficient (Wildman–Crippen LogP) is 2.64. The van der Waals surface area contributed by atoms with Gasteiger partial charge in [-0.25, -0.2) is 0 Å². The lowest BCUT2D eigenvalue weighted by molar-refractivity contribution is -0.142. The van der Waals surface area contributed by atoms with Crippen molar-refractivity contribution in [2.24, 2.45) is 5.92 Å². The van der Waals surface area contributed by atoms with Crippen LogP contribution < -0.4 is 5.32 Å². The minimum Gasteiger partial charge on any atom is -0.461 e. The van der Waals surface area contributed by atoms with Gasteiger partial charge in [0.2, 0.25) is 17.7 Å². The SMILES string of the molecule is CC(=O)OCc1ccc(NC(=O)CCCCCN2C(=O)CC(C)C2=O)cc1. The summed E-state index contributed by atoms with van der Waals surface area (Å²) < 4.78 is 4.91. The van der Waals surface area contributed by atoms with Gasteiger partial charge in [0.1, 0.15) is 6.61 Å². The number of carbonyl (C=O) groups excluding carboxylic acids is 4. The maximum atomic E-state index is 12.0. The van der Waals surface area contributed by atoms with Crippen molar-refractivity contribution in [1.82, 2.24) is 4.90 Å². The Labute approximate surface area is 159 Å². The zero-order valence-electron chi connectivity index (χ0n) is 15.8. The molecule has 0 radical (unpaired) electrons. The van der Waals surface area contributed by atoms with Crippen LogP contribution in [0.1, 0.15) is 51.5 Å². The van der Waals surface area contributed by atoms with E-state index in [1.165, 1.54) is 11.8 Å². The van der Waals surface area contributed by atoms with Gasteiger partial charge in [-0.1, -0.05) is 25.5 Å². The summed E-state index contributed by atoms with van der Waals surface area (Å²) in [7, 11) is 0. The molecule has 0 bridgehead atoms. The van der Waals surface area contributed by atoms with Crippen molar-refractivity contribution in [3.63, 3.8) is 0 Å². The van der Waals surface area contributed by atoms with Crippen LogP contribution in [0.4, 0.5) is 5.69 Å². The lowest BCUT2D eigenvalue weighted by atomic mass is 10.1. The first kappa shape index (κ1) is 20.6. The van der Waals surface area contributed by atoms with Gasteiger partial charge >= 0.3 is 5.97 Å². The molecule has 0 spiro atoms. The largest absolute Gasteiger partial charge is 0.461 e. The highest BCUT2D eigenvalue weighted by Gasteiger charge is 2.34. The van der Waals surface area contributed by atoms with E-state index in [2.05, 4.69) is 5.32 Å². The minimum absolute atomic E-state index is 0.0790. The summed E-state index contributed by atoms with van der Waals surface area (Å²) in [5, 5.41) is 2.82. The summed E-state index contributed by atoms with van der Waals surface area (Å²) in [5.41, 5.74) is 1.54. The van der Waals surface area contributed by atoms with Crippen LogP contribution in [0, 0.1) is 5.92 Å². The summed E-state index contributed by atoms with van der Waals surface area (Å²) in [6.07, 6.45) is 2.87. The van der Waals surface area contributed by atoms with Gasteiger partial charge in [0.25, 0.3) is 0 Å². The number of carbonyl (C=O) groups is 4. The molecule has 1 aliphatic rings.